The maximum absolute atomic E-state index is 13.2. The summed E-state index contributed by atoms with van der Waals surface area (Å²) in [7, 11) is 0. The molecule has 0 radical (unpaired) electrons. The number of fused-ring (bicyclic) bond motifs is 1. The van der Waals surface area contributed by atoms with Gasteiger partial charge in [-0.3, -0.25) is 4.68 Å². The van der Waals surface area contributed by atoms with E-state index in [9.17, 15) is 17.6 Å². The molecule has 0 aromatic carbocycles. The molecule has 1 aromatic rings. The van der Waals surface area contributed by atoms with Crippen molar-refractivity contribution in [1.82, 2.24) is 9.78 Å². The number of hydrogen-bond donors (Lipinski definition) is 0. The molecular formula is C12H14F4N2. The molecule has 100 valence electrons. The van der Waals surface area contributed by atoms with Crippen LogP contribution < -0.4 is 0 Å². The third-order valence-electron chi connectivity index (χ3n) is 4.11. The van der Waals surface area contributed by atoms with Gasteiger partial charge in [0.05, 0.1) is 0 Å². The lowest BCUT2D eigenvalue weighted by molar-refractivity contribution is 0.0112. The second-order valence-corrected chi connectivity index (χ2v) is 5.57. The second-order valence-electron chi connectivity index (χ2n) is 5.57. The first-order valence-electron chi connectivity index (χ1n) is 6.01. The van der Waals surface area contributed by atoms with Gasteiger partial charge in [0.25, 0.3) is 11.8 Å². The van der Waals surface area contributed by atoms with Crippen LogP contribution in [0.3, 0.4) is 0 Å². The van der Waals surface area contributed by atoms with Crippen LogP contribution in [0.1, 0.15) is 24.6 Å². The molecule has 2 saturated carbocycles. The van der Waals surface area contributed by atoms with Gasteiger partial charge in [0, 0.05) is 31.5 Å². The van der Waals surface area contributed by atoms with Gasteiger partial charge in [0.2, 0.25) is 0 Å². The summed E-state index contributed by atoms with van der Waals surface area (Å²) in [5, 5.41) is 3.83. The van der Waals surface area contributed by atoms with Crippen molar-refractivity contribution >= 4 is 0 Å². The van der Waals surface area contributed by atoms with Crippen LogP contribution in [-0.4, -0.2) is 15.7 Å². The first kappa shape index (κ1) is 12.0. The van der Waals surface area contributed by atoms with Crippen molar-refractivity contribution in [3.63, 3.8) is 0 Å². The summed E-state index contributed by atoms with van der Waals surface area (Å²) in [6.07, 6.45) is 2.00. The zero-order valence-corrected chi connectivity index (χ0v) is 10.1. The van der Waals surface area contributed by atoms with E-state index in [0.717, 1.165) is 6.92 Å². The Bertz CT molecular complexity index is 489. The smallest absolute Gasteiger partial charge is 0.272 e. The minimum Gasteiger partial charge on any atom is -0.272 e. The normalized spacial score (nSPS) is 32.9. The maximum atomic E-state index is 13.2. The molecule has 0 bridgehead atoms. The Morgan fingerprint density at radius 2 is 2.17 bits per heavy atom. The predicted octanol–water partition coefficient (Wildman–Crippen LogP) is 3.20. The standard InChI is InChI=1S/C12H14F4N2/c1-6-4-18(17-10(6)11(2,13)14)5-7-3-8-9(7)12(8,15)16/h4,7-9H,3,5H2,1-2H3. The number of aromatic nitrogens is 2. The summed E-state index contributed by atoms with van der Waals surface area (Å²) in [6, 6.07) is 0. The van der Waals surface area contributed by atoms with E-state index in [2.05, 4.69) is 5.10 Å². The highest BCUT2D eigenvalue weighted by molar-refractivity contribution is 5.20. The van der Waals surface area contributed by atoms with Crippen molar-refractivity contribution in [2.45, 2.75) is 38.7 Å². The molecule has 0 aliphatic heterocycles. The third-order valence-corrected chi connectivity index (χ3v) is 4.11. The summed E-state index contributed by atoms with van der Waals surface area (Å²) < 4.78 is 53.9. The molecule has 0 spiro atoms. The molecule has 6 heteroatoms. The van der Waals surface area contributed by atoms with E-state index in [1.807, 2.05) is 0 Å². The molecule has 0 amide bonds. The molecule has 1 heterocycles. The van der Waals surface area contributed by atoms with Crippen LogP contribution in [0, 0.1) is 24.7 Å². The van der Waals surface area contributed by atoms with Gasteiger partial charge in [0.15, 0.2) is 0 Å². The Kier molecular flexibility index (Phi) is 2.18. The second kappa shape index (κ2) is 3.27. The van der Waals surface area contributed by atoms with E-state index in [4.69, 9.17) is 0 Å². The summed E-state index contributed by atoms with van der Waals surface area (Å²) in [4.78, 5) is 0. The summed E-state index contributed by atoms with van der Waals surface area (Å²) >= 11 is 0. The molecule has 1 aromatic heterocycles. The van der Waals surface area contributed by atoms with Crippen molar-refractivity contribution in [2.75, 3.05) is 0 Å². The molecule has 3 atom stereocenters. The lowest BCUT2D eigenvalue weighted by Gasteiger charge is -2.22. The van der Waals surface area contributed by atoms with Crippen molar-refractivity contribution < 1.29 is 17.6 Å². The van der Waals surface area contributed by atoms with Crippen LogP contribution in [-0.2, 0) is 12.5 Å². The topological polar surface area (TPSA) is 17.8 Å². The number of alkyl halides is 4. The predicted molar refractivity (Wildman–Crippen MR) is 56.6 cm³/mol. The zero-order valence-electron chi connectivity index (χ0n) is 10.1. The van der Waals surface area contributed by atoms with Crippen molar-refractivity contribution in [3.8, 4) is 0 Å². The van der Waals surface area contributed by atoms with E-state index < -0.39 is 23.7 Å². The Labute approximate surface area is 102 Å². The number of hydrogen-bond acceptors (Lipinski definition) is 1. The van der Waals surface area contributed by atoms with Gasteiger partial charge >= 0.3 is 0 Å². The van der Waals surface area contributed by atoms with Crippen LogP contribution >= 0.6 is 0 Å². The third kappa shape index (κ3) is 1.57. The van der Waals surface area contributed by atoms with Gasteiger partial charge in [0.1, 0.15) is 5.69 Å². The minimum atomic E-state index is -2.99. The Hall–Kier alpha value is -1.07. The first-order valence-corrected chi connectivity index (χ1v) is 6.01. The quantitative estimate of drug-likeness (QED) is 0.765. The lowest BCUT2D eigenvalue weighted by Crippen LogP contribution is -2.22. The van der Waals surface area contributed by atoms with Crippen LogP contribution in [0.15, 0.2) is 6.20 Å². The minimum absolute atomic E-state index is 0.123. The van der Waals surface area contributed by atoms with Crippen LogP contribution in [0.4, 0.5) is 17.6 Å². The molecule has 0 saturated heterocycles. The monoisotopic (exact) mass is 262 g/mol. The van der Waals surface area contributed by atoms with Crippen LogP contribution in [0.2, 0.25) is 0 Å². The van der Waals surface area contributed by atoms with E-state index in [1.165, 1.54) is 10.9 Å². The van der Waals surface area contributed by atoms with Crippen molar-refractivity contribution in [2.24, 2.45) is 17.8 Å². The van der Waals surface area contributed by atoms with Gasteiger partial charge in [-0.05, 0) is 24.8 Å². The fraction of sp³-hybridized carbons (Fsp3) is 0.750. The van der Waals surface area contributed by atoms with Crippen molar-refractivity contribution in [1.29, 1.82) is 0 Å². The highest BCUT2D eigenvalue weighted by atomic mass is 19.3. The molecule has 2 nitrogen and oxygen atoms in total. The van der Waals surface area contributed by atoms with Gasteiger partial charge in [-0.2, -0.15) is 13.9 Å². The van der Waals surface area contributed by atoms with Gasteiger partial charge < -0.3 is 0 Å². The average Bonchev–Trinajstić information content (AvgIpc) is 2.49. The highest BCUT2D eigenvalue weighted by Crippen LogP contribution is 2.70. The van der Waals surface area contributed by atoms with E-state index in [0.29, 0.717) is 18.5 Å². The summed E-state index contributed by atoms with van der Waals surface area (Å²) in [5.74, 6) is -6.65. The molecular weight excluding hydrogens is 248 g/mol. The maximum Gasteiger partial charge on any atom is 0.289 e. The number of aryl methyl sites for hydroxylation is 1. The Balaban J connectivity index is 1.72. The first-order chi connectivity index (χ1) is 8.21. The molecule has 18 heavy (non-hydrogen) atoms. The van der Waals surface area contributed by atoms with E-state index in [1.54, 1.807) is 6.92 Å². The summed E-state index contributed by atoms with van der Waals surface area (Å²) in [5.41, 5.74) is 0.141. The fourth-order valence-corrected chi connectivity index (χ4v) is 3.12. The lowest BCUT2D eigenvalue weighted by atomic mass is 9.85. The van der Waals surface area contributed by atoms with E-state index in [-0.39, 0.29) is 11.6 Å². The fourth-order valence-electron chi connectivity index (χ4n) is 3.12. The highest BCUT2D eigenvalue weighted by Gasteiger charge is 2.77. The zero-order chi connectivity index (χ0) is 13.3. The number of nitrogens with zero attached hydrogens (tertiary/aromatic N) is 2. The molecule has 3 unspecified atom stereocenters. The Morgan fingerprint density at radius 3 is 2.56 bits per heavy atom. The Morgan fingerprint density at radius 1 is 1.50 bits per heavy atom. The molecule has 2 fully saturated rings. The van der Waals surface area contributed by atoms with Crippen LogP contribution in [0.5, 0.6) is 0 Å². The summed E-state index contributed by atoms with van der Waals surface area (Å²) in [6.45, 7) is 2.67. The van der Waals surface area contributed by atoms with E-state index >= 15 is 0 Å². The van der Waals surface area contributed by atoms with Crippen LogP contribution in [0.25, 0.3) is 0 Å². The molecule has 2 aliphatic rings. The number of halogens is 4. The van der Waals surface area contributed by atoms with Gasteiger partial charge in [-0.1, -0.05) is 0 Å². The average molecular weight is 262 g/mol. The largest absolute Gasteiger partial charge is 0.289 e. The molecule has 2 aliphatic carbocycles. The van der Waals surface area contributed by atoms with Gasteiger partial charge in [-0.15, -0.1) is 0 Å². The molecule has 3 rings (SSSR count). The molecule has 0 N–H and O–H groups in total. The number of rotatable bonds is 3. The van der Waals surface area contributed by atoms with Crippen molar-refractivity contribution in [3.05, 3.63) is 17.5 Å². The van der Waals surface area contributed by atoms with Gasteiger partial charge in [-0.25, -0.2) is 8.78 Å². The SMILES string of the molecule is Cc1cn(CC2CC3C2C3(F)F)nc1C(C)(F)F.